The van der Waals surface area contributed by atoms with Crippen LogP contribution in [0, 0.1) is 13.8 Å². The van der Waals surface area contributed by atoms with Crippen molar-refractivity contribution in [1.29, 1.82) is 0 Å². The van der Waals surface area contributed by atoms with Gasteiger partial charge in [-0.05, 0) is 57.7 Å². The number of hydrogen-bond acceptors (Lipinski definition) is 7. The van der Waals surface area contributed by atoms with Crippen LogP contribution in [0.4, 0.5) is 5.82 Å². The molecule has 0 radical (unpaired) electrons. The van der Waals surface area contributed by atoms with Gasteiger partial charge in [0.15, 0.2) is 0 Å². The molecular formula is C22H24N8O. The summed E-state index contributed by atoms with van der Waals surface area (Å²) < 4.78 is 3.42. The number of fused-ring (bicyclic) bond motifs is 1. The maximum absolute atomic E-state index is 12.5. The van der Waals surface area contributed by atoms with E-state index >= 15 is 0 Å². The molecule has 1 N–H and O–H groups in total. The first kappa shape index (κ1) is 19.3. The van der Waals surface area contributed by atoms with Crippen LogP contribution < -0.4 is 10.9 Å². The molecule has 0 amide bonds. The van der Waals surface area contributed by atoms with E-state index in [9.17, 15) is 4.79 Å². The highest BCUT2D eigenvalue weighted by molar-refractivity contribution is 5.57. The minimum atomic E-state index is -0.0563. The molecule has 0 unspecified atom stereocenters. The van der Waals surface area contributed by atoms with Crippen LogP contribution in [0.15, 0.2) is 47.8 Å². The molecule has 1 fully saturated rings. The predicted octanol–water partition coefficient (Wildman–Crippen LogP) is 2.96. The van der Waals surface area contributed by atoms with Gasteiger partial charge in [0, 0.05) is 41.3 Å². The molecule has 158 valence electrons. The maximum Gasteiger partial charge on any atom is 0.267 e. The van der Waals surface area contributed by atoms with Gasteiger partial charge in [-0.2, -0.15) is 19.7 Å². The van der Waals surface area contributed by atoms with Gasteiger partial charge in [-0.25, -0.2) is 9.67 Å². The van der Waals surface area contributed by atoms with Crippen LogP contribution in [-0.4, -0.2) is 40.4 Å². The van der Waals surface area contributed by atoms with Gasteiger partial charge in [-0.3, -0.25) is 9.78 Å². The Morgan fingerprint density at radius 1 is 1.03 bits per heavy atom. The highest BCUT2D eigenvalue weighted by Gasteiger charge is 2.25. The van der Waals surface area contributed by atoms with Crippen LogP contribution in [0.2, 0.25) is 0 Å². The molecule has 1 aliphatic carbocycles. The Labute approximate surface area is 179 Å². The number of nitrogens with zero attached hydrogens (tertiary/aromatic N) is 7. The first-order chi connectivity index (χ1) is 15.1. The molecule has 0 aromatic carbocycles. The fourth-order valence-electron chi connectivity index (χ4n) is 4.22. The summed E-state index contributed by atoms with van der Waals surface area (Å²) in [5, 5.41) is 12.6. The zero-order valence-electron chi connectivity index (χ0n) is 17.6. The maximum atomic E-state index is 12.5. The van der Waals surface area contributed by atoms with Gasteiger partial charge >= 0.3 is 0 Å². The molecule has 4 aromatic rings. The molecule has 4 heterocycles. The fourth-order valence-corrected chi connectivity index (χ4v) is 4.22. The van der Waals surface area contributed by atoms with E-state index in [1.54, 1.807) is 33.7 Å². The Morgan fingerprint density at radius 3 is 2.58 bits per heavy atom. The molecule has 0 saturated heterocycles. The van der Waals surface area contributed by atoms with Gasteiger partial charge in [0.2, 0.25) is 0 Å². The van der Waals surface area contributed by atoms with Crippen molar-refractivity contribution in [2.24, 2.45) is 0 Å². The lowest BCUT2D eigenvalue weighted by atomic mass is 9.91. The van der Waals surface area contributed by atoms with E-state index < -0.39 is 0 Å². The second-order valence-electron chi connectivity index (χ2n) is 8.03. The van der Waals surface area contributed by atoms with Crippen LogP contribution in [0.25, 0.3) is 17.0 Å². The summed E-state index contributed by atoms with van der Waals surface area (Å²) in [6.45, 7) is 4.03. The first-order valence-electron chi connectivity index (χ1n) is 10.5. The van der Waals surface area contributed by atoms with Crippen molar-refractivity contribution >= 4 is 11.6 Å². The van der Waals surface area contributed by atoms with Crippen molar-refractivity contribution in [3.8, 4) is 11.3 Å². The number of rotatable bonds is 4. The number of aryl methyl sites for hydroxylation is 1. The Balaban J connectivity index is 1.33. The van der Waals surface area contributed by atoms with E-state index in [2.05, 4.69) is 30.5 Å². The molecule has 9 heteroatoms. The summed E-state index contributed by atoms with van der Waals surface area (Å²) in [7, 11) is 0. The zero-order valence-corrected chi connectivity index (χ0v) is 17.6. The molecule has 0 aliphatic heterocycles. The smallest absolute Gasteiger partial charge is 0.267 e. The standard InChI is InChI=1S/C22H24N8O/c1-14-15(2)26-22-24-13-25-30(22)21(14)27-17-3-5-18(6-4-17)29-20(31)8-7-19(28-29)16-9-11-23-12-10-16/h7-13,17-18,27H,3-6H2,1-2H3. The van der Waals surface area contributed by atoms with Gasteiger partial charge in [0.1, 0.15) is 12.1 Å². The molecule has 1 saturated carbocycles. The van der Waals surface area contributed by atoms with Gasteiger partial charge in [-0.15, -0.1) is 0 Å². The quantitative estimate of drug-likeness (QED) is 0.545. The van der Waals surface area contributed by atoms with E-state index in [0.717, 1.165) is 54.0 Å². The summed E-state index contributed by atoms with van der Waals surface area (Å²) in [6.07, 6.45) is 8.64. The van der Waals surface area contributed by atoms with E-state index in [-0.39, 0.29) is 11.6 Å². The monoisotopic (exact) mass is 416 g/mol. The van der Waals surface area contributed by atoms with Crippen molar-refractivity contribution in [3.63, 3.8) is 0 Å². The predicted molar refractivity (Wildman–Crippen MR) is 117 cm³/mol. The number of pyridine rings is 1. The van der Waals surface area contributed by atoms with Gasteiger partial charge < -0.3 is 5.32 Å². The molecule has 0 bridgehead atoms. The lowest BCUT2D eigenvalue weighted by Crippen LogP contribution is -2.33. The number of hydrogen-bond donors (Lipinski definition) is 1. The second kappa shape index (κ2) is 7.90. The molecule has 4 aromatic heterocycles. The van der Waals surface area contributed by atoms with E-state index in [1.807, 2.05) is 26.0 Å². The SMILES string of the molecule is Cc1nc2ncnn2c(NC2CCC(n3nc(-c4ccncc4)ccc3=O)CC2)c1C. The van der Waals surface area contributed by atoms with Gasteiger partial charge in [0.05, 0.1) is 11.7 Å². The van der Waals surface area contributed by atoms with E-state index in [1.165, 1.54) is 6.33 Å². The van der Waals surface area contributed by atoms with E-state index in [0.29, 0.717) is 11.8 Å². The average Bonchev–Trinajstić information content (AvgIpc) is 3.26. The van der Waals surface area contributed by atoms with Crippen LogP contribution >= 0.6 is 0 Å². The van der Waals surface area contributed by atoms with Gasteiger partial charge in [-0.1, -0.05) is 0 Å². The third-order valence-corrected chi connectivity index (χ3v) is 6.09. The van der Waals surface area contributed by atoms with Crippen molar-refractivity contribution in [3.05, 3.63) is 64.6 Å². The Kier molecular flexibility index (Phi) is 4.93. The van der Waals surface area contributed by atoms with Crippen molar-refractivity contribution in [1.82, 2.24) is 34.3 Å². The first-order valence-corrected chi connectivity index (χ1v) is 10.5. The lowest BCUT2D eigenvalue weighted by Gasteiger charge is -2.30. The summed E-state index contributed by atoms with van der Waals surface area (Å²) in [5.74, 6) is 1.54. The van der Waals surface area contributed by atoms with Crippen LogP contribution in [0.1, 0.15) is 43.0 Å². The molecule has 1 aliphatic rings. The normalized spacial score (nSPS) is 18.9. The van der Waals surface area contributed by atoms with Crippen LogP contribution in [0.5, 0.6) is 0 Å². The molecule has 5 rings (SSSR count). The molecule has 0 spiro atoms. The van der Waals surface area contributed by atoms with Crippen molar-refractivity contribution in [2.45, 2.75) is 51.6 Å². The highest BCUT2D eigenvalue weighted by atomic mass is 16.1. The lowest BCUT2D eigenvalue weighted by molar-refractivity contribution is 0.304. The molecular weight excluding hydrogens is 392 g/mol. The third-order valence-electron chi connectivity index (χ3n) is 6.09. The minimum absolute atomic E-state index is 0.0563. The fraction of sp³-hybridized carbons (Fsp3) is 0.364. The molecule has 0 atom stereocenters. The molecule has 31 heavy (non-hydrogen) atoms. The number of nitrogens with one attached hydrogen (secondary N) is 1. The topological polar surface area (TPSA) is 103 Å². The summed E-state index contributed by atoms with van der Waals surface area (Å²) in [4.78, 5) is 25.3. The zero-order chi connectivity index (χ0) is 21.4. The number of aromatic nitrogens is 7. The Morgan fingerprint density at radius 2 is 1.81 bits per heavy atom. The van der Waals surface area contributed by atoms with E-state index in [4.69, 9.17) is 0 Å². The minimum Gasteiger partial charge on any atom is -0.367 e. The largest absolute Gasteiger partial charge is 0.367 e. The second-order valence-corrected chi connectivity index (χ2v) is 8.03. The highest BCUT2D eigenvalue weighted by Crippen LogP contribution is 2.30. The third kappa shape index (κ3) is 3.67. The van der Waals surface area contributed by atoms with Crippen LogP contribution in [0.3, 0.4) is 0 Å². The number of anilines is 1. The average molecular weight is 416 g/mol. The summed E-state index contributed by atoms with van der Waals surface area (Å²) in [5.41, 5.74) is 3.71. The summed E-state index contributed by atoms with van der Waals surface area (Å²) >= 11 is 0. The Bertz CT molecular complexity index is 1270. The van der Waals surface area contributed by atoms with Crippen molar-refractivity contribution in [2.75, 3.05) is 5.32 Å². The van der Waals surface area contributed by atoms with Crippen molar-refractivity contribution < 1.29 is 0 Å². The Hall–Kier alpha value is -3.62. The molecule has 9 nitrogen and oxygen atoms in total. The summed E-state index contributed by atoms with van der Waals surface area (Å²) in [6, 6.07) is 7.59. The van der Waals surface area contributed by atoms with Crippen LogP contribution in [-0.2, 0) is 0 Å². The van der Waals surface area contributed by atoms with Gasteiger partial charge in [0.25, 0.3) is 11.3 Å².